The zero-order chi connectivity index (χ0) is 31.4. The summed E-state index contributed by atoms with van der Waals surface area (Å²) in [6, 6.07) is 39.4. The summed E-state index contributed by atoms with van der Waals surface area (Å²) in [6.45, 7) is 18.5. The normalized spacial score (nSPS) is 15.0. The van der Waals surface area contributed by atoms with Gasteiger partial charge in [-0.05, 0) is 95.8 Å². The van der Waals surface area contributed by atoms with E-state index in [-0.39, 0.29) is 10.8 Å². The number of hydrogen-bond acceptors (Lipinski definition) is 1. The number of benzene rings is 6. The van der Waals surface area contributed by atoms with Crippen molar-refractivity contribution in [2.24, 2.45) is 0 Å². The highest BCUT2D eigenvalue weighted by atomic mass is 15.2. The van der Waals surface area contributed by atoms with Gasteiger partial charge in [0.15, 0.2) is 0 Å². The first kappa shape index (κ1) is 27.9. The largest absolute Gasteiger partial charge is 0.309 e. The highest BCUT2D eigenvalue weighted by Gasteiger charge is 2.41. The minimum absolute atomic E-state index is 0.0947. The third kappa shape index (κ3) is 3.93. The molecule has 2 aliphatic rings. The molecule has 6 aromatic rings. The fourth-order valence-corrected chi connectivity index (χ4v) is 8.31. The lowest BCUT2D eigenvalue weighted by Gasteiger charge is -2.33. The molecular formula is C44H41N. The van der Waals surface area contributed by atoms with E-state index in [9.17, 15) is 0 Å². The van der Waals surface area contributed by atoms with E-state index in [2.05, 4.69) is 163 Å². The molecule has 0 N–H and O–H groups in total. The van der Waals surface area contributed by atoms with Gasteiger partial charge in [0.05, 0.1) is 17.1 Å². The highest BCUT2D eigenvalue weighted by Crippen LogP contribution is 2.59. The van der Waals surface area contributed by atoms with Gasteiger partial charge in [-0.2, -0.15) is 0 Å². The number of nitrogens with zero attached hydrogens (tertiary/aromatic N) is 1. The molecular weight excluding hydrogens is 542 g/mol. The van der Waals surface area contributed by atoms with Gasteiger partial charge in [-0.3, -0.25) is 0 Å². The molecule has 45 heavy (non-hydrogen) atoms. The summed E-state index contributed by atoms with van der Waals surface area (Å²) in [6.07, 6.45) is 0. The second-order valence-electron chi connectivity index (χ2n) is 14.6. The summed E-state index contributed by atoms with van der Waals surface area (Å²) in [5.41, 5.74) is 19.8. The van der Waals surface area contributed by atoms with Crippen molar-refractivity contribution in [1.82, 2.24) is 0 Å². The Hall–Kier alpha value is -4.62. The van der Waals surface area contributed by atoms with Crippen molar-refractivity contribution in [3.63, 3.8) is 0 Å². The number of hydrogen-bond donors (Lipinski definition) is 0. The number of fused-ring (bicyclic) bond motifs is 7. The van der Waals surface area contributed by atoms with E-state index in [1.54, 1.807) is 0 Å². The molecule has 0 bridgehead atoms. The molecule has 0 saturated carbocycles. The van der Waals surface area contributed by atoms with Crippen molar-refractivity contribution in [2.75, 3.05) is 4.90 Å². The molecule has 0 saturated heterocycles. The monoisotopic (exact) mass is 583 g/mol. The maximum atomic E-state index is 2.61. The van der Waals surface area contributed by atoms with Crippen molar-refractivity contribution in [2.45, 2.75) is 66.2 Å². The number of rotatable bonds is 3. The Morgan fingerprint density at radius 2 is 0.889 bits per heavy atom. The highest BCUT2D eigenvalue weighted by molar-refractivity contribution is 6.06. The molecule has 1 heteroatoms. The molecule has 0 unspecified atom stereocenters. The molecule has 0 radical (unpaired) electrons. The first-order valence-electron chi connectivity index (χ1n) is 16.3. The second-order valence-corrected chi connectivity index (χ2v) is 14.6. The van der Waals surface area contributed by atoms with Crippen LogP contribution in [0, 0.1) is 27.7 Å². The van der Waals surface area contributed by atoms with Gasteiger partial charge in [0.1, 0.15) is 0 Å². The van der Waals surface area contributed by atoms with Crippen LogP contribution in [0.4, 0.5) is 17.1 Å². The molecule has 8 rings (SSSR count). The van der Waals surface area contributed by atoms with Crippen LogP contribution in [0.15, 0.2) is 103 Å². The maximum Gasteiger partial charge on any atom is 0.0546 e. The van der Waals surface area contributed by atoms with E-state index in [1.807, 2.05) is 0 Å². The molecule has 1 nitrogen and oxygen atoms in total. The van der Waals surface area contributed by atoms with Crippen molar-refractivity contribution < 1.29 is 0 Å². The van der Waals surface area contributed by atoms with Gasteiger partial charge in [0.2, 0.25) is 0 Å². The summed E-state index contributed by atoms with van der Waals surface area (Å²) < 4.78 is 0. The minimum atomic E-state index is -0.0947. The van der Waals surface area contributed by atoms with Crippen molar-refractivity contribution >= 4 is 27.8 Å². The van der Waals surface area contributed by atoms with Gasteiger partial charge in [0, 0.05) is 27.3 Å². The van der Waals surface area contributed by atoms with Gasteiger partial charge in [-0.1, -0.05) is 124 Å². The lowest BCUT2D eigenvalue weighted by atomic mass is 9.81. The molecule has 222 valence electrons. The van der Waals surface area contributed by atoms with Crippen molar-refractivity contribution in [3.8, 4) is 22.3 Å². The standard InChI is InChI=1S/C44H41N/c1-26-16-18-32-34(20-26)43(5,6)36-22-28(3)24-39(41(32)36)45(38-15-11-13-30-12-9-10-14-31(30)38)40-25-29(4)23-37-42(40)33-19-17-27(2)21-35(33)44(37,7)8/h9-25H,1-8H3. The third-order valence-corrected chi connectivity index (χ3v) is 10.6. The Balaban J connectivity index is 1.54. The van der Waals surface area contributed by atoms with Crippen LogP contribution in [0.3, 0.4) is 0 Å². The fourth-order valence-electron chi connectivity index (χ4n) is 8.31. The predicted molar refractivity (Wildman–Crippen MR) is 193 cm³/mol. The van der Waals surface area contributed by atoms with E-state index >= 15 is 0 Å². The zero-order valence-corrected chi connectivity index (χ0v) is 27.8. The van der Waals surface area contributed by atoms with Crippen LogP contribution in [0.25, 0.3) is 33.0 Å². The van der Waals surface area contributed by atoms with Gasteiger partial charge >= 0.3 is 0 Å². The topological polar surface area (TPSA) is 3.24 Å². The Bertz CT molecular complexity index is 2090. The third-order valence-electron chi connectivity index (χ3n) is 10.6. The lowest BCUT2D eigenvalue weighted by Crippen LogP contribution is -2.18. The Kier molecular flexibility index (Phi) is 5.85. The number of aryl methyl sites for hydroxylation is 4. The van der Waals surface area contributed by atoms with Crippen molar-refractivity contribution in [1.29, 1.82) is 0 Å². The maximum absolute atomic E-state index is 2.61. The Labute approximate surface area is 268 Å². The van der Waals surface area contributed by atoms with Gasteiger partial charge in [0.25, 0.3) is 0 Å². The fraction of sp³-hybridized carbons (Fsp3) is 0.227. The van der Waals surface area contributed by atoms with Crippen LogP contribution >= 0.6 is 0 Å². The van der Waals surface area contributed by atoms with Gasteiger partial charge < -0.3 is 4.90 Å². The molecule has 6 aromatic carbocycles. The second kappa shape index (κ2) is 9.44. The smallest absolute Gasteiger partial charge is 0.0546 e. The average Bonchev–Trinajstić information content (AvgIpc) is 3.36. The Morgan fingerprint density at radius 3 is 1.42 bits per heavy atom. The lowest BCUT2D eigenvalue weighted by molar-refractivity contribution is 0.659. The summed E-state index contributed by atoms with van der Waals surface area (Å²) >= 11 is 0. The van der Waals surface area contributed by atoms with Gasteiger partial charge in [-0.15, -0.1) is 0 Å². The summed E-state index contributed by atoms with van der Waals surface area (Å²) in [4.78, 5) is 2.61. The molecule has 0 aromatic heterocycles. The minimum Gasteiger partial charge on any atom is -0.309 e. The van der Waals surface area contributed by atoms with Crippen molar-refractivity contribution in [3.05, 3.63) is 148 Å². The van der Waals surface area contributed by atoms with Crippen LogP contribution in [-0.4, -0.2) is 0 Å². The molecule has 0 spiro atoms. The van der Waals surface area contributed by atoms with Gasteiger partial charge in [-0.25, -0.2) is 0 Å². The first-order valence-corrected chi connectivity index (χ1v) is 16.3. The van der Waals surface area contributed by atoms with E-state index in [0.717, 1.165) is 0 Å². The van der Waals surface area contributed by atoms with Crippen LogP contribution in [0.1, 0.15) is 72.2 Å². The quantitative estimate of drug-likeness (QED) is 0.200. The molecule has 0 amide bonds. The van der Waals surface area contributed by atoms with Crippen LogP contribution < -0.4 is 4.90 Å². The van der Waals surface area contributed by atoms with E-state index in [1.165, 1.54) is 94.6 Å². The van der Waals surface area contributed by atoms with E-state index in [4.69, 9.17) is 0 Å². The van der Waals surface area contributed by atoms with E-state index < -0.39 is 0 Å². The Morgan fingerprint density at radius 1 is 0.422 bits per heavy atom. The molecule has 2 aliphatic carbocycles. The molecule has 0 heterocycles. The SMILES string of the molecule is Cc1ccc2c(c1)C(C)(C)c1cc(C)cc(N(c3cc(C)cc4c3-c3ccc(C)cc3C4(C)C)c3cccc4ccccc34)c1-2. The average molecular weight is 584 g/mol. The summed E-state index contributed by atoms with van der Waals surface area (Å²) in [5.74, 6) is 0. The molecule has 0 fully saturated rings. The first-order chi connectivity index (χ1) is 21.5. The predicted octanol–water partition coefficient (Wildman–Crippen LogP) is 12.2. The molecule has 0 aliphatic heterocycles. The number of anilines is 3. The summed E-state index contributed by atoms with van der Waals surface area (Å²) in [5, 5.41) is 2.51. The zero-order valence-electron chi connectivity index (χ0n) is 27.8. The van der Waals surface area contributed by atoms with Crippen LogP contribution in [0.2, 0.25) is 0 Å². The van der Waals surface area contributed by atoms with E-state index in [0.29, 0.717) is 0 Å². The summed E-state index contributed by atoms with van der Waals surface area (Å²) in [7, 11) is 0. The van der Waals surface area contributed by atoms with Crippen LogP contribution in [-0.2, 0) is 10.8 Å². The molecule has 0 atom stereocenters. The van der Waals surface area contributed by atoms with Crippen LogP contribution in [0.5, 0.6) is 0 Å².